The van der Waals surface area contributed by atoms with Crippen molar-refractivity contribution in [2.45, 2.75) is 43.9 Å². The fourth-order valence-corrected chi connectivity index (χ4v) is 3.98. The zero-order valence-electron chi connectivity index (χ0n) is 20.2. The normalized spacial score (nSPS) is 13.6. The number of alkyl halides is 6. The van der Waals surface area contributed by atoms with E-state index >= 15 is 0 Å². The molecule has 0 aliphatic carbocycles. The molecular formula is C24H21ClF6N4O5. The van der Waals surface area contributed by atoms with Crippen molar-refractivity contribution < 1.29 is 45.8 Å². The number of hydrogen-bond acceptors (Lipinski definition) is 6. The van der Waals surface area contributed by atoms with Crippen LogP contribution in [0.5, 0.6) is 0 Å². The molecule has 2 aromatic carbocycles. The maximum Gasteiger partial charge on any atom is 0.416 e. The predicted molar refractivity (Wildman–Crippen MR) is 128 cm³/mol. The average molecular weight is 595 g/mol. The van der Waals surface area contributed by atoms with Gasteiger partial charge in [0.25, 0.3) is 0 Å². The minimum Gasteiger partial charge on any atom is -0.449 e. The Morgan fingerprint density at radius 2 is 1.68 bits per heavy atom. The molecule has 1 heterocycles. The molecule has 0 radical (unpaired) electrons. The van der Waals surface area contributed by atoms with Crippen LogP contribution in [-0.2, 0) is 28.8 Å². The number of nitrogens with two attached hydrogens (primary N) is 1. The quantitative estimate of drug-likeness (QED) is 0.339. The lowest BCUT2D eigenvalue weighted by molar-refractivity contribution is -0.207. The summed E-state index contributed by atoms with van der Waals surface area (Å²) in [5.41, 5.74) is 2.41. The molecule has 0 spiro atoms. The number of aliphatic hydroxyl groups is 1. The Labute approximate surface area is 226 Å². The Kier molecular flexibility index (Phi) is 9.30. The molecule has 3 rings (SSSR count). The third-order valence-electron chi connectivity index (χ3n) is 5.69. The van der Waals surface area contributed by atoms with Gasteiger partial charge in [-0.05, 0) is 35.9 Å². The second-order valence-corrected chi connectivity index (χ2v) is 9.03. The first-order valence-electron chi connectivity index (χ1n) is 11.4. The van der Waals surface area contributed by atoms with Crippen molar-refractivity contribution in [2.75, 3.05) is 6.61 Å². The molecule has 0 aliphatic heterocycles. The molecule has 0 fully saturated rings. The van der Waals surface area contributed by atoms with Crippen LogP contribution in [0.4, 0.5) is 31.1 Å². The Morgan fingerprint density at radius 1 is 1.05 bits per heavy atom. The zero-order valence-corrected chi connectivity index (χ0v) is 21.0. The van der Waals surface area contributed by atoms with E-state index in [1.54, 1.807) is 0 Å². The Morgan fingerprint density at radius 3 is 2.25 bits per heavy atom. The van der Waals surface area contributed by atoms with E-state index < -0.39 is 73.6 Å². The van der Waals surface area contributed by atoms with Gasteiger partial charge in [0, 0.05) is 22.9 Å². The number of Topliss-reactive ketones (excluding diaryl/α,β-unsaturated/α-hetero) is 1. The summed E-state index contributed by atoms with van der Waals surface area (Å²) in [6, 6.07) is 9.70. The van der Waals surface area contributed by atoms with Crippen LogP contribution in [0.2, 0.25) is 5.02 Å². The van der Waals surface area contributed by atoms with Crippen LogP contribution in [0.3, 0.4) is 0 Å². The molecule has 40 heavy (non-hydrogen) atoms. The number of hydrogen-bond donors (Lipinski definition) is 2. The number of ketones is 1. The highest BCUT2D eigenvalue weighted by molar-refractivity contribution is 6.30. The highest BCUT2D eigenvalue weighted by Gasteiger charge is 2.40. The van der Waals surface area contributed by atoms with E-state index in [0.717, 1.165) is 18.2 Å². The summed E-state index contributed by atoms with van der Waals surface area (Å²) < 4.78 is 85.5. The van der Waals surface area contributed by atoms with Crippen LogP contribution in [0.1, 0.15) is 23.5 Å². The van der Waals surface area contributed by atoms with Gasteiger partial charge in [0.1, 0.15) is 13.2 Å². The molecule has 1 aromatic heterocycles. The van der Waals surface area contributed by atoms with E-state index in [9.17, 15) is 45.8 Å². The van der Waals surface area contributed by atoms with Crippen LogP contribution in [0, 0.1) is 0 Å². The number of primary amides is 1. The van der Waals surface area contributed by atoms with Gasteiger partial charge < -0.3 is 15.6 Å². The number of halogens is 7. The van der Waals surface area contributed by atoms with Gasteiger partial charge in [-0.15, -0.1) is 5.10 Å². The molecule has 2 unspecified atom stereocenters. The maximum atomic E-state index is 13.6. The van der Waals surface area contributed by atoms with Crippen molar-refractivity contribution in [3.8, 4) is 11.4 Å². The van der Waals surface area contributed by atoms with E-state index in [-0.39, 0.29) is 22.0 Å². The monoisotopic (exact) mass is 594 g/mol. The van der Waals surface area contributed by atoms with Gasteiger partial charge in [0.05, 0.1) is 12.1 Å². The number of benzene rings is 2. The summed E-state index contributed by atoms with van der Waals surface area (Å²) >= 11 is 5.83. The van der Waals surface area contributed by atoms with Crippen LogP contribution >= 0.6 is 11.6 Å². The number of nitrogens with zero attached hydrogens (tertiary/aromatic N) is 3. The maximum absolute atomic E-state index is 13.6. The van der Waals surface area contributed by atoms with Crippen molar-refractivity contribution in [2.24, 2.45) is 5.73 Å². The topological polar surface area (TPSA) is 129 Å². The minimum absolute atomic E-state index is 0.133. The number of rotatable bonds is 10. The van der Waals surface area contributed by atoms with Crippen LogP contribution in [0.15, 0.2) is 53.3 Å². The summed E-state index contributed by atoms with van der Waals surface area (Å²) in [4.78, 5) is 37.0. The summed E-state index contributed by atoms with van der Waals surface area (Å²) in [5.74, 6) is -2.52. The predicted octanol–water partition coefficient (Wildman–Crippen LogP) is 4.15. The highest BCUT2D eigenvalue weighted by Crippen LogP contribution is 2.36. The van der Waals surface area contributed by atoms with E-state index in [1.165, 1.54) is 30.3 Å². The van der Waals surface area contributed by atoms with Gasteiger partial charge in [-0.3, -0.25) is 9.36 Å². The summed E-state index contributed by atoms with van der Waals surface area (Å²) in [5, 5.41) is 13.8. The average Bonchev–Trinajstić information content (AvgIpc) is 3.15. The fraction of sp³-hybridized carbons (Fsp3) is 0.333. The van der Waals surface area contributed by atoms with Gasteiger partial charge in [-0.2, -0.15) is 26.3 Å². The number of amides is 1. The Bertz CT molecular complexity index is 1420. The number of aromatic nitrogens is 3. The number of aliphatic hydroxyl groups excluding tert-OH is 1. The fourth-order valence-electron chi connectivity index (χ4n) is 3.86. The van der Waals surface area contributed by atoms with Crippen LogP contribution < -0.4 is 11.4 Å². The molecule has 3 N–H and O–H groups in total. The lowest BCUT2D eigenvalue weighted by Crippen LogP contribution is -2.37. The molecular weight excluding hydrogens is 574 g/mol. The van der Waals surface area contributed by atoms with Gasteiger partial charge in [-0.25, -0.2) is 14.3 Å². The molecule has 1 amide bonds. The smallest absolute Gasteiger partial charge is 0.416 e. The van der Waals surface area contributed by atoms with E-state index in [2.05, 4.69) is 9.84 Å². The molecule has 2 atom stereocenters. The molecule has 0 saturated carbocycles. The Hall–Kier alpha value is -3.85. The molecule has 0 saturated heterocycles. The van der Waals surface area contributed by atoms with Gasteiger partial charge in [0.15, 0.2) is 17.7 Å². The number of carbonyl (C=O) groups is 2. The third kappa shape index (κ3) is 7.63. The third-order valence-corrected chi connectivity index (χ3v) is 5.94. The molecule has 3 aromatic rings. The SMILES string of the molecule is NC(=O)OCC(CC(=O)Cn1nc(-c2ccc(Cl)cc2)n(CC(O)C(F)(F)F)c1=O)c1ccccc1C(F)(F)F. The summed E-state index contributed by atoms with van der Waals surface area (Å²) in [6.07, 6.45) is -14.8. The second-order valence-electron chi connectivity index (χ2n) is 8.59. The molecule has 216 valence electrons. The van der Waals surface area contributed by atoms with Crippen molar-refractivity contribution in [1.82, 2.24) is 14.3 Å². The first-order chi connectivity index (χ1) is 18.6. The summed E-state index contributed by atoms with van der Waals surface area (Å²) in [6.45, 7) is -2.80. The lowest BCUT2D eigenvalue weighted by Gasteiger charge is -2.21. The van der Waals surface area contributed by atoms with Crippen molar-refractivity contribution in [3.05, 3.63) is 75.2 Å². The zero-order chi connectivity index (χ0) is 29.8. The number of carbonyl (C=O) groups excluding carboxylic acids is 2. The lowest BCUT2D eigenvalue weighted by atomic mass is 9.90. The molecule has 16 heteroatoms. The minimum atomic E-state index is -5.08. The van der Waals surface area contributed by atoms with Crippen LogP contribution in [0.25, 0.3) is 11.4 Å². The van der Waals surface area contributed by atoms with E-state index in [4.69, 9.17) is 17.3 Å². The second kappa shape index (κ2) is 12.1. The first-order valence-corrected chi connectivity index (χ1v) is 11.7. The van der Waals surface area contributed by atoms with Crippen molar-refractivity contribution in [3.63, 3.8) is 0 Å². The molecule has 0 bridgehead atoms. The molecule has 0 aliphatic rings. The van der Waals surface area contributed by atoms with Gasteiger partial charge in [-0.1, -0.05) is 29.8 Å². The van der Waals surface area contributed by atoms with Gasteiger partial charge >= 0.3 is 24.1 Å². The highest BCUT2D eigenvalue weighted by atomic mass is 35.5. The van der Waals surface area contributed by atoms with Gasteiger partial charge in [0.2, 0.25) is 0 Å². The molecule has 9 nitrogen and oxygen atoms in total. The Balaban J connectivity index is 1.96. The largest absolute Gasteiger partial charge is 0.449 e. The summed E-state index contributed by atoms with van der Waals surface area (Å²) in [7, 11) is 0. The van der Waals surface area contributed by atoms with Crippen LogP contribution in [-0.4, -0.2) is 50.2 Å². The van der Waals surface area contributed by atoms with Crippen molar-refractivity contribution in [1.29, 1.82) is 0 Å². The number of ether oxygens (including phenoxy) is 1. The van der Waals surface area contributed by atoms with Crippen molar-refractivity contribution >= 4 is 23.5 Å². The standard InChI is InChI=1S/C24H21ClF6N4O5/c25-15-7-5-13(6-8-15)20-33-35(22(39)34(20)11-19(37)24(29,30)31)10-16(36)9-14(12-40-21(32)38)17-3-1-2-4-18(17)23(26,27)28/h1-8,14,19,37H,9-12H2,(H2,32,38). The van der Waals surface area contributed by atoms with E-state index in [1.807, 2.05) is 0 Å². The van der Waals surface area contributed by atoms with E-state index in [0.29, 0.717) is 9.25 Å². The first kappa shape index (κ1) is 30.7.